The van der Waals surface area contributed by atoms with Crippen LogP contribution in [0.2, 0.25) is 0 Å². The fourth-order valence-electron chi connectivity index (χ4n) is 3.50. The van der Waals surface area contributed by atoms with E-state index in [1.165, 1.54) is 5.52 Å². The zero-order valence-electron chi connectivity index (χ0n) is 13.2. The van der Waals surface area contributed by atoms with Crippen LogP contribution in [0.25, 0.3) is 11.0 Å². The summed E-state index contributed by atoms with van der Waals surface area (Å²) in [4.78, 5) is 4.79. The molecule has 1 heterocycles. The molecule has 1 saturated carbocycles. The van der Waals surface area contributed by atoms with Gasteiger partial charge < -0.3 is 9.67 Å². The second-order valence-electron chi connectivity index (χ2n) is 6.75. The fraction of sp³-hybridized carbons (Fsp3) is 0.611. The molecule has 1 fully saturated rings. The maximum absolute atomic E-state index is 10.9. The standard InChI is InChI=1S/C18H26N2O/c1-3-12-20-16-7-5-4-6-15(16)19-17(20)13-18(21)10-8-14(2)9-11-18/h4-7,14,21H,3,8-13H2,1-2H3. The van der Waals surface area contributed by atoms with Gasteiger partial charge in [0.2, 0.25) is 0 Å². The topological polar surface area (TPSA) is 38.0 Å². The molecule has 3 rings (SSSR count). The van der Waals surface area contributed by atoms with Crippen LogP contribution in [0.5, 0.6) is 0 Å². The molecule has 1 aliphatic rings. The zero-order chi connectivity index (χ0) is 14.9. The Hall–Kier alpha value is -1.35. The van der Waals surface area contributed by atoms with Crippen molar-refractivity contribution in [1.82, 2.24) is 9.55 Å². The van der Waals surface area contributed by atoms with Crippen molar-refractivity contribution in [2.45, 2.75) is 64.5 Å². The summed E-state index contributed by atoms with van der Waals surface area (Å²) in [5, 5.41) is 10.9. The number of rotatable bonds is 4. The number of aryl methyl sites for hydroxylation is 1. The van der Waals surface area contributed by atoms with Crippen LogP contribution >= 0.6 is 0 Å². The molecule has 21 heavy (non-hydrogen) atoms. The summed E-state index contributed by atoms with van der Waals surface area (Å²) in [6, 6.07) is 8.30. The SMILES string of the molecule is CCCn1c(CC2(O)CCC(C)CC2)nc2ccccc21. The molecule has 0 saturated heterocycles. The molecule has 1 aliphatic carbocycles. The first-order chi connectivity index (χ1) is 10.1. The zero-order valence-corrected chi connectivity index (χ0v) is 13.2. The number of aromatic nitrogens is 2. The molecule has 3 nitrogen and oxygen atoms in total. The summed E-state index contributed by atoms with van der Waals surface area (Å²) >= 11 is 0. The Morgan fingerprint density at radius 3 is 2.71 bits per heavy atom. The summed E-state index contributed by atoms with van der Waals surface area (Å²) in [7, 11) is 0. The van der Waals surface area contributed by atoms with Gasteiger partial charge in [-0.2, -0.15) is 0 Å². The highest BCUT2D eigenvalue weighted by Crippen LogP contribution is 2.34. The van der Waals surface area contributed by atoms with Gasteiger partial charge in [0.25, 0.3) is 0 Å². The maximum Gasteiger partial charge on any atom is 0.112 e. The molecular formula is C18H26N2O. The van der Waals surface area contributed by atoms with E-state index in [0.29, 0.717) is 6.42 Å². The third-order valence-electron chi connectivity index (χ3n) is 4.87. The van der Waals surface area contributed by atoms with Gasteiger partial charge in [-0.15, -0.1) is 0 Å². The molecule has 0 amide bonds. The van der Waals surface area contributed by atoms with Crippen LogP contribution in [0.3, 0.4) is 0 Å². The number of hydrogen-bond donors (Lipinski definition) is 1. The molecule has 0 bridgehead atoms. The van der Waals surface area contributed by atoms with E-state index >= 15 is 0 Å². The van der Waals surface area contributed by atoms with Gasteiger partial charge in [-0.25, -0.2) is 4.98 Å². The quantitative estimate of drug-likeness (QED) is 0.924. The van der Waals surface area contributed by atoms with E-state index in [1.807, 2.05) is 6.07 Å². The molecule has 1 aromatic heterocycles. The summed E-state index contributed by atoms with van der Waals surface area (Å²) in [5.74, 6) is 1.80. The highest BCUT2D eigenvalue weighted by molar-refractivity contribution is 5.75. The number of benzene rings is 1. The third kappa shape index (κ3) is 2.98. The van der Waals surface area contributed by atoms with Crippen LogP contribution in [0.15, 0.2) is 24.3 Å². The number of hydrogen-bond acceptors (Lipinski definition) is 2. The van der Waals surface area contributed by atoms with Gasteiger partial charge in [0.1, 0.15) is 5.82 Å². The summed E-state index contributed by atoms with van der Waals surface area (Å²) in [6.45, 7) is 5.45. The molecule has 2 aromatic rings. The summed E-state index contributed by atoms with van der Waals surface area (Å²) in [6.07, 6.45) is 5.85. The second-order valence-corrected chi connectivity index (χ2v) is 6.75. The Labute approximate surface area is 127 Å². The largest absolute Gasteiger partial charge is 0.389 e. The predicted octanol–water partition coefficient (Wildman–Crippen LogP) is 3.93. The lowest BCUT2D eigenvalue weighted by Crippen LogP contribution is -2.36. The Morgan fingerprint density at radius 1 is 1.29 bits per heavy atom. The number of imidazole rings is 1. The van der Waals surface area contributed by atoms with Crippen molar-refractivity contribution >= 4 is 11.0 Å². The van der Waals surface area contributed by atoms with E-state index < -0.39 is 5.60 Å². The van der Waals surface area contributed by atoms with Crippen molar-refractivity contribution in [3.63, 3.8) is 0 Å². The minimum absolute atomic E-state index is 0.556. The Morgan fingerprint density at radius 2 is 2.00 bits per heavy atom. The van der Waals surface area contributed by atoms with E-state index in [0.717, 1.165) is 55.9 Å². The smallest absolute Gasteiger partial charge is 0.112 e. The lowest BCUT2D eigenvalue weighted by atomic mass is 9.78. The Balaban J connectivity index is 1.91. The van der Waals surface area contributed by atoms with Crippen molar-refractivity contribution in [3.8, 4) is 0 Å². The predicted molar refractivity (Wildman–Crippen MR) is 86.3 cm³/mol. The van der Waals surface area contributed by atoms with Crippen LogP contribution in [-0.2, 0) is 13.0 Å². The van der Waals surface area contributed by atoms with Crippen molar-refractivity contribution < 1.29 is 5.11 Å². The van der Waals surface area contributed by atoms with E-state index in [9.17, 15) is 5.11 Å². The van der Waals surface area contributed by atoms with Gasteiger partial charge in [0.15, 0.2) is 0 Å². The van der Waals surface area contributed by atoms with Crippen molar-refractivity contribution in [1.29, 1.82) is 0 Å². The highest BCUT2D eigenvalue weighted by atomic mass is 16.3. The van der Waals surface area contributed by atoms with Gasteiger partial charge in [-0.3, -0.25) is 0 Å². The second kappa shape index (κ2) is 5.80. The number of para-hydroxylation sites is 2. The first-order valence-corrected chi connectivity index (χ1v) is 8.28. The van der Waals surface area contributed by atoms with Crippen molar-refractivity contribution in [2.75, 3.05) is 0 Å². The van der Waals surface area contributed by atoms with Gasteiger partial charge in [0, 0.05) is 13.0 Å². The number of fused-ring (bicyclic) bond motifs is 1. The molecule has 1 N–H and O–H groups in total. The molecule has 114 valence electrons. The Kier molecular flexibility index (Phi) is 4.03. The van der Waals surface area contributed by atoms with Gasteiger partial charge in [0.05, 0.1) is 16.6 Å². The fourth-order valence-corrected chi connectivity index (χ4v) is 3.50. The average molecular weight is 286 g/mol. The van der Waals surface area contributed by atoms with Crippen molar-refractivity contribution in [3.05, 3.63) is 30.1 Å². The highest BCUT2D eigenvalue weighted by Gasteiger charge is 2.33. The number of aliphatic hydroxyl groups is 1. The molecule has 0 aliphatic heterocycles. The number of nitrogens with zero attached hydrogens (tertiary/aromatic N) is 2. The van der Waals surface area contributed by atoms with Crippen LogP contribution in [0, 0.1) is 5.92 Å². The van der Waals surface area contributed by atoms with Crippen LogP contribution in [0.4, 0.5) is 0 Å². The van der Waals surface area contributed by atoms with E-state index in [2.05, 4.69) is 36.6 Å². The maximum atomic E-state index is 10.9. The first kappa shape index (κ1) is 14.6. The van der Waals surface area contributed by atoms with Crippen LogP contribution in [-0.4, -0.2) is 20.3 Å². The lowest BCUT2D eigenvalue weighted by molar-refractivity contribution is -0.00882. The minimum atomic E-state index is -0.556. The van der Waals surface area contributed by atoms with Gasteiger partial charge >= 0.3 is 0 Å². The monoisotopic (exact) mass is 286 g/mol. The summed E-state index contributed by atoms with van der Waals surface area (Å²) < 4.78 is 2.30. The van der Waals surface area contributed by atoms with Gasteiger partial charge in [-0.05, 0) is 50.2 Å². The first-order valence-electron chi connectivity index (χ1n) is 8.28. The van der Waals surface area contributed by atoms with E-state index in [1.54, 1.807) is 0 Å². The molecule has 3 heteroatoms. The van der Waals surface area contributed by atoms with E-state index in [-0.39, 0.29) is 0 Å². The molecular weight excluding hydrogens is 260 g/mol. The lowest BCUT2D eigenvalue weighted by Gasteiger charge is -2.34. The van der Waals surface area contributed by atoms with Gasteiger partial charge in [-0.1, -0.05) is 26.0 Å². The Bertz CT molecular complexity index is 609. The molecule has 1 aromatic carbocycles. The average Bonchev–Trinajstić information content (AvgIpc) is 2.81. The third-order valence-corrected chi connectivity index (χ3v) is 4.87. The molecule has 0 unspecified atom stereocenters. The molecule has 0 atom stereocenters. The minimum Gasteiger partial charge on any atom is -0.389 e. The van der Waals surface area contributed by atoms with Crippen LogP contribution in [0.1, 0.15) is 51.8 Å². The normalized spacial score (nSPS) is 26.3. The van der Waals surface area contributed by atoms with Crippen LogP contribution < -0.4 is 0 Å². The molecule has 0 radical (unpaired) electrons. The molecule has 0 spiro atoms. The van der Waals surface area contributed by atoms with E-state index in [4.69, 9.17) is 4.98 Å². The van der Waals surface area contributed by atoms with Crippen molar-refractivity contribution in [2.24, 2.45) is 5.92 Å². The summed E-state index contributed by atoms with van der Waals surface area (Å²) in [5.41, 5.74) is 1.69.